The second-order valence-corrected chi connectivity index (χ2v) is 6.96. The maximum absolute atomic E-state index is 12.1. The van der Waals surface area contributed by atoms with Crippen LogP contribution in [-0.2, 0) is 0 Å². The lowest BCUT2D eigenvalue weighted by Crippen LogP contribution is -2.44. The number of amides is 1. The molecule has 0 bridgehead atoms. The average molecular weight is 325 g/mol. The predicted molar refractivity (Wildman–Crippen MR) is 85.4 cm³/mol. The highest BCUT2D eigenvalue weighted by atomic mass is 35.5. The van der Waals surface area contributed by atoms with Crippen molar-refractivity contribution in [3.8, 4) is 0 Å². The number of anilines is 1. The van der Waals surface area contributed by atoms with Crippen molar-refractivity contribution in [2.75, 3.05) is 18.0 Å². The second kappa shape index (κ2) is 6.07. The van der Waals surface area contributed by atoms with Crippen molar-refractivity contribution >= 4 is 34.7 Å². The summed E-state index contributed by atoms with van der Waals surface area (Å²) in [6, 6.07) is 5.79. The summed E-state index contributed by atoms with van der Waals surface area (Å²) in [7, 11) is 0. The van der Waals surface area contributed by atoms with Crippen LogP contribution in [0.5, 0.6) is 0 Å². The number of aromatic nitrogens is 2. The molecule has 0 atom stereocenters. The lowest BCUT2D eigenvalue weighted by Gasteiger charge is -2.32. The molecule has 0 aromatic carbocycles. The highest BCUT2D eigenvalue weighted by Crippen LogP contribution is 2.22. The number of carbonyl (C=O) groups excluding carboxylic acids is 1. The topological polar surface area (TPSA) is 61.0 Å². The molecule has 21 heavy (non-hydrogen) atoms. The van der Waals surface area contributed by atoms with Crippen LogP contribution in [-0.4, -0.2) is 35.2 Å². The van der Waals surface area contributed by atoms with Crippen LogP contribution in [0.25, 0.3) is 0 Å². The van der Waals surface area contributed by atoms with E-state index in [2.05, 4.69) is 20.4 Å². The highest BCUT2D eigenvalue weighted by Gasteiger charge is 2.22. The van der Waals surface area contributed by atoms with E-state index in [1.807, 2.05) is 13.0 Å². The standard InChI is InChI=1S/C14H17ClN4OS/c1-9-8-13(18-17-9)19-6-4-10(5-7-19)16-14(20)11-2-3-12(15)21-11/h2-3,8,10H,4-7H2,1H3,(H,16,20)(H,17,18). The van der Waals surface area contributed by atoms with Crippen molar-refractivity contribution in [3.63, 3.8) is 0 Å². The molecule has 0 unspecified atom stereocenters. The molecule has 0 spiro atoms. The maximum atomic E-state index is 12.1. The number of H-pyrrole nitrogens is 1. The molecule has 2 N–H and O–H groups in total. The Labute approximate surface area is 132 Å². The Morgan fingerprint density at radius 3 is 2.81 bits per heavy atom. The summed E-state index contributed by atoms with van der Waals surface area (Å²) in [6.45, 7) is 3.80. The van der Waals surface area contributed by atoms with Gasteiger partial charge in [0.25, 0.3) is 5.91 Å². The molecule has 112 valence electrons. The van der Waals surface area contributed by atoms with Crippen molar-refractivity contribution in [3.05, 3.63) is 33.1 Å². The van der Waals surface area contributed by atoms with E-state index in [1.165, 1.54) is 11.3 Å². The molecule has 1 aliphatic rings. The van der Waals surface area contributed by atoms with Crippen molar-refractivity contribution in [2.45, 2.75) is 25.8 Å². The third-order valence-corrected chi connectivity index (χ3v) is 4.87. The van der Waals surface area contributed by atoms with Crippen LogP contribution < -0.4 is 10.2 Å². The first-order valence-corrected chi connectivity index (χ1v) is 8.14. The number of hydrogen-bond acceptors (Lipinski definition) is 4. The molecule has 2 aromatic rings. The van der Waals surface area contributed by atoms with Crippen LogP contribution in [0.3, 0.4) is 0 Å². The largest absolute Gasteiger partial charge is 0.355 e. The van der Waals surface area contributed by atoms with Gasteiger partial charge in [-0.15, -0.1) is 11.3 Å². The Kier molecular flexibility index (Phi) is 4.17. The first-order chi connectivity index (χ1) is 10.1. The fourth-order valence-corrected chi connectivity index (χ4v) is 3.46. The van der Waals surface area contributed by atoms with Crippen molar-refractivity contribution in [2.24, 2.45) is 0 Å². The maximum Gasteiger partial charge on any atom is 0.261 e. The number of nitrogens with one attached hydrogen (secondary N) is 2. The first-order valence-electron chi connectivity index (χ1n) is 6.95. The number of thiophene rings is 1. The molecule has 0 saturated carbocycles. The molecule has 3 heterocycles. The molecular weight excluding hydrogens is 308 g/mol. The minimum atomic E-state index is -0.0269. The summed E-state index contributed by atoms with van der Waals surface area (Å²) in [5.74, 6) is 0.961. The number of aryl methyl sites for hydroxylation is 1. The second-order valence-electron chi connectivity index (χ2n) is 5.25. The van der Waals surface area contributed by atoms with E-state index < -0.39 is 0 Å². The fourth-order valence-electron chi connectivity index (χ4n) is 2.51. The Bertz CT molecular complexity index is 630. The lowest BCUT2D eigenvalue weighted by atomic mass is 10.0. The predicted octanol–water partition coefficient (Wildman–Crippen LogP) is 2.83. The Balaban J connectivity index is 1.53. The number of hydrogen-bond donors (Lipinski definition) is 2. The molecule has 7 heteroatoms. The van der Waals surface area contributed by atoms with Crippen LogP contribution in [0.4, 0.5) is 5.82 Å². The van der Waals surface area contributed by atoms with Gasteiger partial charge in [0.15, 0.2) is 5.82 Å². The van der Waals surface area contributed by atoms with Crippen LogP contribution in [0, 0.1) is 6.92 Å². The molecule has 0 radical (unpaired) electrons. The van der Waals surface area contributed by atoms with Gasteiger partial charge in [0.2, 0.25) is 0 Å². The van der Waals surface area contributed by atoms with Gasteiger partial charge in [-0.05, 0) is 31.9 Å². The highest BCUT2D eigenvalue weighted by molar-refractivity contribution is 7.17. The van der Waals surface area contributed by atoms with Gasteiger partial charge in [0.1, 0.15) is 0 Å². The Morgan fingerprint density at radius 1 is 1.48 bits per heavy atom. The van der Waals surface area contributed by atoms with Crippen LogP contribution in [0.1, 0.15) is 28.2 Å². The first kappa shape index (κ1) is 14.4. The Hall–Kier alpha value is -1.53. The fraction of sp³-hybridized carbons (Fsp3) is 0.429. The SMILES string of the molecule is Cc1cc(N2CCC(NC(=O)c3ccc(Cl)s3)CC2)n[nH]1. The normalized spacial score (nSPS) is 16.2. The van der Waals surface area contributed by atoms with Gasteiger partial charge in [-0.25, -0.2) is 0 Å². The summed E-state index contributed by atoms with van der Waals surface area (Å²) in [6.07, 6.45) is 1.85. The number of halogens is 1. The molecular formula is C14H17ClN4OS. The van der Waals surface area contributed by atoms with Crippen LogP contribution >= 0.6 is 22.9 Å². The van der Waals surface area contributed by atoms with Gasteiger partial charge >= 0.3 is 0 Å². The van der Waals surface area contributed by atoms with E-state index in [1.54, 1.807) is 12.1 Å². The van der Waals surface area contributed by atoms with E-state index in [4.69, 9.17) is 11.6 Å². The van der Waals surface area contributed by atoms with Crippen LogP contribution in [0.2, 0.25) is 4.34 Å². The summed E-state index contributed by atoms with van der Waals surface area (Å²) in [4.78, 5) is 15.0. The number of aromatic amines is 1. The number of rotatable bonds is 3. The van der Waals surface area contributed by atoms with Gasteiger partial charge in [-0.2, -0.15) is 5.10 Å². The molecule has 1 fully saturated rings. The quantitative estimate of drug-likeness (QED) is 0.912. The summed E-state index contributed by atoms with van der Waals surface area (Å²) in [5, 5.41) is 10.3. The van der Waals surface area contributed by atoms with Gasteiger partial charge in [-0.1, -0.05) is 11.6 Å². The minimum Gasteiger partial charge on any atom is -0.355 e. The molecule has 3 rings (SSSR count). The zero-order valence-corrected chi connectivity index (χ0v) is 13.3. The zero-order valence-electron chi connectivity index (χ0n) is 11.7. The number of piperidine rings is 1. The van der Waals surface area contributed by atoms with E-state index in [-0.39, 0.29) is 11.9 Å². The van der Waals surface area contributed by atoms with Gasteiger partial charge in [0.05, 0.1) is 9.21 Å². The number of nitrogens with zero attached hydrogens (tertiary/aromatic N) is 2. The third-order valence-electron chi connectivity index (χ3n) is 3.64. The number of carbonyl (C=O) groups is 1. The van der Waals surface area contributed by atoms with Crippen molar-refractivity contribution in [1.82, 2.24) is 15.5 Å². The van der Waals surface area contributed by atoms with E-state index in [9.17, 15) is 4.79 Å². The van der Waals surface area contributed by atoms with Gasteiger partial charge in [0, 0.05) is 30.9 Å². The summed E-state index contributed by atoms with van der Waals surface area (Å²) >= 11 is 7.17. The smallest absolute Gasteiger partial charge is 0.261 e. The average Bonchev–Trinajstić information content (AvgIpc) is 3.08. The molecule has 1 saturated heterocycles. The van der Waals surface area contributed by atoms with Gasteiger partial charge in [-0.3, -0.25) is 9.89 Å². The molecule has 5 nitrogen and oxygen atoms in total. The van der Waals surface area contributed by atoms with Gasteiger partial charge < -0.3 is 10.2 Å². The third kappa shape index (κ3) is 3.39. The minimum absolute atomic E-state index is 0.0269. The molecule has 1 amide bonds. The lowest BCUT2D eigenvalue weighted by molar-refractivity contribution is 0.0935. The monoisotopic (exact) mass is 324 g/mol. The Morgan fingerprint density at radius 2 is 2.24 bits per heavy atom. The van der Waals surface area contributed by atoms with E-state index >= 15 is 0 Å². The van der Waals surface area contributed by atoms with Crippen molar-refractivity contribution < 1.29 is 4.79 Å². The van der Waals surface area contributed by atoms with Crippen molar-refractivity contribution in [1.29, 1.82) is 0 Å². The van der Waals surface area contributed by atoms with E-state index in [0.29, 0.717) is 9.21 Å². The van der Waals surface area contributed by atoms with Crippen LogP contribution in [0.15, 0.2) is 18.2 Å². The van der Waals surface area contributed by atoms with E-state index in [0.717, 1.165) is 37.4 Å². The summed E-state index contributed by atoms with van der Waals surface area (Å²) < 4.78 is 0.642. The molecule has 1 aliphatic heterocycles. The summed E-state index contributed by atoms with van der Waals surface area (Å²) in [5.41, 5.74) is 1.06. The molecule has 0 aliphatic carbocycles. The molecule has 2 aromatic heterocycles. The zero-order chi connectivity index (χ0) is 14.8.